The van der Waals surface area contributed by atoms with Crippen molar-refractivity contribution >= 4 is 0 Å². The van der Waals surface area contributed by atoms with Crippen LogP contribution in [0.25, 0.3) is 0 Å². The van der Waals surface area contributed by atoms with E-state index in [-0.39, 0.29) is 5.54 Å². The highest BCUT2D eigenvalue weighted by Crippen LogP contribution is 2.30. The van der Waals surface area contributed by atoms with Gasteiger partial charge in [-0.15, -0.1) is 0 Å². The van der Waals surface area contributed by atoms with Gasteiger partial charge in [-0.2, -0.15) is 0 Å². The Labute approximate surface area is 75.3 Å². The van der Waals surface area contributed by atoms with Crippen molar-refractivity contribution in [2.75, 3.05) is 33.7 Å². The Balaban J connectivity index is 1.83. The van der Waals surface area contributed by atoms with E-state index >= 15 is 0 Å². The van der Waals surface area contributed by atoms with Crippen LogP contribution in [-0.4, -0.2) is 44.2 Å². The highest BCUT2D eigenvalue weighted by molar-refractivity contribution is 5.00. The molecule has 0 heterocycles. The molecule has 0 aromatic rings. The number of nitrogens with zero attached hydrogens (tertiary/aromatic N) is 1. The fourth-order valence-corrected chi connectivity index (χ4v) is 1.19. The van der Waals surface area contributed by atoms with Gasteiger partial charge in [0, 0.05) is 12.1 Å². The van der Waals surface area contributed by atoms with Crippen LogP contribution in [0.5, 0.6) is 0 Å². The molecule has 0 aliphatic heterocycles. The monoisotopic (exact) mass is 171 g/mol. The Morgan fingerprint density at radius 2 is 2.08 bits per heavy atom. The number of rotatable bonds is 6. The summed E-state index contributed by atoms with van der Waals surface area (Å²) >= 11 is 0. The normalized spacial score (nSPS) is 20.0. The summed E-state index contributed by atoms with van der Waals surface area (Å²) in [6, 6.07) is 0. The average molecular weight is 171 g/mol. The molecule has 1 aliphatic rings. The third-order valence-electron chi connectivity index (χ3n) is 2.33. The van der Waals surface area contributed by atoms with E-state index in [4.69, 9.17) is 5.73 Å². The Hall–Kier alpha value is -0.120. The van der Waals surface area contributed by atoms with Gasteiger partial charge in [-0.05, 0) is 46.4 Å². The maximum atomic E-state index is 5.92. The van der Waals surface area contributed by atoms with Crippen LogP contribution in [-0.2, 0) is 0 Å². The first-order valence-electron chi connectivity index (χ1n) is 4.77. The minimum absolute atomic E-state index is 0.165. The van der Waals surface area contributed by atoms with E-state index in [0.717, 1.165) is 19.6 Å². The lowest BCUT2D eigenvalue weighted by Crippen LogP contribution is -2.36. The van der Waals surface area contributed by atoms with Crippen molar-refractivity contribution in [2.45, 2.75) is 24.8 Å². The predicted octanol–water partition coefficient (Wildman–Crippen LogP) is 0.0190. The van der Waals surface area contributed by atoms with Crippen molar-refractivity contribution in [3.63, 3.8) is 0 Å². The summed E-state index contributed by atoms with van der Waals surface area (Å²) in [7, 11) is 4.20. The lowest BCUT2D eigenvalue weighted by Gasteiger charge is -2.12. The first-order chi connectivity index (χ1) is 5.62. The van der Waals surface area contributed by atoms with Crippen molar-refractivity contribution in [2.24, 2.45) is 5.73 Å². The summed E-state index contributed by atoms with van der Waals surface area (Å²) in [5.41, 5.74) is 6.08. The van der Waals surface area contributed by atoms with Crippen LogP contribution in [0.1, 0.15) is 19.3 Å². The first-order valence-corrected chi connectivity index (χ1v) is 4.77. The van der Waals surface area contributed by atoms with Crippen molar-refractivity contribution in [3.05, 3.63) is 0 Å². The van der Waals surface area contributed by atoms with Gasteiger partial charge in [-0.1, -0.05) is 0 Å². The number of hydrogen-bond donors (Lipinski definition) is 2. The molecular formula is C9H21N3. The van der Waals surface area contributed by atoms with Crippen LogP contribution >= 0.6 is 0 Å². The van der Waals surface area contributed by atoms with Gasteiger partial charge in [0.25, 0.3) is 0 Å². The number of nitrogens with two attached hydrogens (primary N) is 1. The van der Waals surface area contributed by atoms with E-state index < -0.39 is 0 Å². The van der Waals surface area contributed by atoms with Gasteiger partial charge < -0.3 is 16.0 Å². The molecule has 0 saturated heterocycles. The van der Waals surface area contributed by atoms with E-state index in [1.165, 1.54) is 19.3 Å². The highest BCUT2D eigenvalue weighted by atomic mass is 15.1. The molecule has 0 amide bonds. The third-order valence-corrected chi connectivity index (χ3v) is 2.33. The minimum atomic E-state index is 0.165. The zero-order valence-corrected chi connectivity index (χ0v) is 8.27. The molecule has 12 heavy (non-hydrogen) atoms. The van der Waals surface area contributed by atoms with Gasteiger partial charge in [0.15, 0.2) is 0 Å². The molecule has 0 spiro atoms. The topological polar surface area (TPSA) is 41.3 Å². The summed E-state index contributed by atoms with van der Waals surface area (Å²) in [4.78, 5) is 2.21. The van der Waals surface area contributed by atoms with Gasteiger partial charge in [0.2, 0.25) is 0 Å². The molecule has 1 fully saturated rings. The van der Waals surface area contributed by atoms with Crippen LogP contribution in [0.15, 0.2) is 0 Å². The molecule has 3 heteroatoms. The molecule has 0 bridgehead atoms. The lowest BCUT2D eigenvalue weighted by molar-refractivity contribution is 0.392. The van der Waals surface area contributed by atoms with Crippen LogP contribution in [0, 0.1) is 0 Å². The molecule has 72 valence electrons. The SMILES string of the molecule is CN(C)CCCNCC1(N)CC1. The van der Waals surface area contributed by atoms with E-state index in [9.17, 15) is 0 Å². The van der Waals surface area contributed by atoms with Crippen LogP contribution in [0.3, 0.4) is 0 Å². The van der Waals surface area contributed by atoms with Crippen LogP contribution in [0.4, 0.5) is 0 Å². The zero-order chi connectivity index (χ0) is 9.03. The zero-order valence-electron chi connectivity index (χ0n) is 8.27. The van der Waals surface area contributed by atoms with Gasteiger partial charge in [0.05, 0.1) is 0 Å². The molecule has 1 saturated carbocycles. The van der Waals surface area contributed by atoms with Crippen LogP contribution < -0.4 is 11.1 Å². The highest BCUT2D eigenvalue weighted by Gasteiger charge is 2.37. The summed E-state index contributed by atoms with van der Waals surface area (Å²) < 4.78 is 0. The average Bonchev–Trinajstić information content (AvgIpc) is 2.67. The summed E-state index contributed by atoms with van der Waals surface area (Å²) in [5.74, 6) is 0. The Morgan fingerprint density at radius 3 is 2.58 bits per heavy atom. The summed E-state index contributed by atoms with van der Waals surface area (Å²) in [6.07, 6.45) is 3.62. The first kappa shape index (κ1) is 9.96. The molecule has 3 nitrogen and oxygen atoms in total. The van der Waals surface area contributed by atoms with Gasteiger partial charge in [0.1, 0.15) is 0 Å². The maximum Gasteiger partial charge on any atom is 0.0282 e. The molecular weight excluding hydrogens is 150 g/mol. The quantitative estimate of drug-likeness (QED) is 0.554. The summed E-state index contributed by atoms with van der Waals surface area (Å²) in [5, 5.41) is 3.39. The second kappa shape index (κ2) is 4.21. The maximum absolute atomic E-state index is 5.92. The Kier molecular flexibility index (Phi) is 3.50. The van der Waals surface area contributed by atoms with E-state index in [1.807, 2.05) is 0 Å². The Morgan fingerprint density at radius 1 is 1.42 bits per heavy atom. The minimum Gasteiger partial charge on any atom is -0.324 e. The fraction of sp³-hybridized carbons (Fsp3) is 1.00. The molecule has 0 radical (unpaired) electrons. The molecule has 1 rings (SSSR count). The van der Waals surface area contributed by atoms with Crippen molar-refractivity contribution in [3.8, 4) is 0 Å². The largest absolute Gasteiger partial charge is 0.324 e. The second-order valence-electron chi connectivity index (χ2n) is 4.20. The van der Waals surface area contributed by atoms with E-state index in [1.54, 1.807) is 0 Å². The van der Waals surface area contributed by atoms with E-state index in [0.29, 0.717) is 0 Å². The second-order valence-corrected chi connectivity index (χ2v) is 4.20. The lowest BCUT2D eigenvalue weighted by atomic mass is 10.3. The molecule has 1 aliphatic carbocycles. The molecule has 0 unspecified atom stereocenters. The standard InChI is InChI=1S/C9H21N3/c1-12(2)7-3-6-11-8-9(10)4-5-9/h11H,3-8,10H2,1-2H3. The summed E-state index contributed by atoms with van der Waals surface area (Å²) in [6.45, 7) is 3.25. The smallest absolute Gasteiger partial charge is 0.0282 e. The molecule has 0 aromatic heterocycles. The van der Waals surface area contributed by atoms with Gasteiger partial charge >= 0.3 is 0 Å². The van der Waals surface area contributed by atoms with Crippen molar-refractivity contribution in [1.29, 1.82) is 0 Å². The number of nitrogens with one attached hydrogen (secondary N) is 1. The fourth-order valence-electron chi connectivity index (χ4n) is 1.19. The van der Waals surface area contributed by atoms with Gasteiger partial charge in [-0.3, -0.25) is 0 Å². The van der Waals surface area contributed by atoms with Gasteiger partial charge in [-0.25, -0.2) is 0 Å². The molecule has 3 N–H and O–H groups in total. The van der Waals surface area contributed by atoms with Crippen LogP contribution in [0.2, 0.25) is 0 Å². The predicted molar refractivity (Wildman–Crippen MR) is 52.2 cm³/mol. The Bertz CT molecular complexity index is 130. The molecule has 0 aromatic carbocycles. The molecule has 0 atom stereocenters. The van der Waals surface area contributed by atoms with Crippen molar-refractivity contribution in [1.82, 2.24) is 10.2 Å². The van der Waals surface area contributed by atoms with E-state index in [2.05, 4.69) is 24.3 Å². The number of hydrogen-bond acceptors (Lipinski definition) is 3. The van der Waals surface area contributed by atoms with Crippen molar-refractivity contribution < 1.29 is 0 Å². The third kappa shape index (κ3) is 4.04.